The normalized spacial score (nSPS) is 35.9. The highest BCUT2D eigenvalue weighted by atomic mass is 16.7. The molecule has 0 saturated carbocycles. The first kappa shape index (κ1) is 21.1. The van der Waals surface area contributed by atoms with Gasteiger partial charge in [-0.3, -0.25) is 0 Å². The molecule has 0 radical (unpaired) electrons. The third-order valence-corrected chi connectivity index (χ3v) is 3.62. The molecule has 1 aliphatic rings. The Morgan fingerprint density at radius 3 is 2.08 bits per heavy atom. The van der Waals surface area contributed by atoms with Crippen molar-refractivity contribution in [3.8, 4) is 0 Å². The summed E-state index contributed by atoms with van der Waals surface area (Å²) in [7, 11) is 0. The van der Waals surface area contributed by atoms with E-state index in [1.54, 1.807) is 0 Å². The average molecular weight is 358 g/mol. The molecule has 12 nitrogen and oxygen atoms in total. The smallest absolute Gasteiger partial charge is 0.335 e. The first-order valence-electron chi connectivity index (χ1n) is 6.99. The van der Waals surface area contributed by atoms with Crippen LogP contribution < -0.4 is 0 Å². The molecule has 9 atom stereocenters. The van der Waals surface area contributed by atoms with Crippen LogP contribution in [0.5, 0.6) is 0 Å². The predicted octanol–water partition coefficient (Wildman–Crippen LogP) is -5.67. The van der Waals surface area contributed by atoms with Crippen LogP contribution in [0.15, 0.2) is 0 Å². The first-order valence-corrected chi connectivity index (χ1v) is 6.99. The maximum Gasteiger partial charge on any atom is 0.335 e. The third kappa shape index (κ3) is 4.58. The van der Waals surface area contributed by atoms with Crippen molar-refractivity contribution < 1.29 is 60.2 Å². The third-order valence-electron chi connectivity index (χ3n) is 3.62. The number of rotatable bonds is 8. The van der Waals surface area contributed by atoms with E-state index in [4.69, 9.17) is 24.8 Å². The van der Waals surface area contributed by atoms with Crippen molar-refractivity contribution in [2.45, 2.75) is 55.1 Å². The molecule has 0 aliphatic carbocycles. The molecule has 12 heteroatoms. The number of carbonyl (C=O) groups is 1. The Morgan fingerprint density at radius 1 is 1.04 bits per heavy atom. The zero-order valence-corrected chi connectivity index (χ0v) is 12.4. The number of aliphatic carboxylic acids is 1. The second-order valence-electron chi connectivity index (χ2n) is 5.32. The Hall–Kier alpha value is -0.930. The van der Waals surface area contributed by atoms with Crippen molar-refractivity contribution in [1.29, 1.82) is 0 Å². The molecule has 1 rings (SSSR count). The summed E-state index contributed by atoms with van der Waals surface area (Å²) in [6, 6.07) is 0. The van der Waals surface area contributed by atoms with Gasteiger partial charge in [0.1, 0.15) is 42.7 Å². The van der Waals surface area contributed by atoms with Crippen LogP contribution in [-0.2, 0) is 14.3 Å². The lowest BCUT2D eigenvalue weighted by Crippen LogP contribution is -2.61. The van der Waals surface area contributed by atoms with Crippen LogP contribution in [0.1, 0.15) is 0 Å². The Labute approximate surface area is 135 Å². The Bertz CT molecular complexity index is 403. The quantitative estimate of drug-likeness (QED) is 0.198. The fraction of sp³-hybridized carbons (Fsp3) is 0.917. The van der Waals surface area contributed by atoms with Crippen molar-refractivity contribution in [2.75, 3.05) is 13.2 Å². The van der Waals surface area contributed by atoms with E-state index < -0.39 is 74.3 Å². The number of aliphatic hydroxyl groups is 8. The van der Waals surface area contributed by atoms with Gasteiger partial charge in [0.25, 0.3) is 0 Å². The Balaban J connectivity index is 2.94. The van der Waals surface area contributed by atoms with Gasteiger partial charge in [-0.25, -0.2) is 4.79 Å². The van der Waals surface area contributed by atoms with Crippen LogP contribution in [0.3, 0.4) is 0 Å². The van der Waals surface area contributed by atoms with Crippen LogP contribution >= 0.6 is 0 Å². The van der Waals surface area contributed by atoms with Gasteiger partial charge in [0.05, 0.1) is 13.2 Å². The van der Waals surface area contributed by atoms with Gasteiger partial charge in [-0.1, -0.05) is 0 Å². The van der Waals surface area contributed by atoms with Gasteiger partial charge in [-0.05, 0) is 0 Å². The van der Waals surface area contributed by atoms with Gasteiger partial charge >= 0.3 is 5.97 Å². The molecule has 1 aliphatic heterocycles. The molecule has 9 N–H and O–H groups in total. The second kappa shape index (κ2) is 8.96. The Kier molecular flexibility index (Phi) is 7.88. The second-order valence-corrected chi connectivity index (χ2v) is 5.32. The lowest BCUT2D eigenvalue weighted by Gasteiger charge is -2.42. The van der Waals surface area contributed by atoms with Crippen molar-refractivity contribution in [2.24, 2.45) is 0 Å². The summed E-state index contributed by atoms with van der Waals surface area (Å²) in [6.07, 6.45) is -16.9. The summed E-state index contributed by atoms with van der Waals surface area (Å²) in [5, 5.41) is 84.5. The summed E-state index contributed by atoms with van der Waals surface area (Å²) in [4.78, 5) is 10.7. The van der Waals surface area contributed by atoms with E-state index in [0.717, 1.165) is 0 Å². The minimum Gasteiger partial charge on any atom is -0.479 e. The first-order chi connectivity index (χ1) is 11.1. The lowest BCUT2D eigenvalue weighted by atomic mass is 9.98. The number of ether oxygens (including phenoxy) is 2. The Morgan fingerprint density at radius 2 is 1.62 bits per heavy atom. The van der Waals surface area contributed by atoms with Gasteiger partial charge in [0.2, 0.25) is 0 Å². The minimum absolute atomic E-state index is 0.766. The monoisotopic (exact) mass is 358 g/mol. The van der Waals surface area contributed by atoms with Crippen LogP contribution in [0.2, 0.25) is 0 Å². The van der Waals surface area contributed by atoms with E-state index in [1.807, 2.05) is 0 Å². The van der Waals surface area contributed by atoms with E-state index in [9.17, 15) is 35.4 Å². The van der Waals surface area contributed by atoms with E-state index >= 15 is 0 Å². The average Bonchev–Trinajstić information content (AvgIpc) is 2.57. The van der Waals surface area contributed by atoms with Crippen LogP contribution in [0.4, 0.5) is 0 Å². The highest BCUT2D eigenvalue weighted by Gasteiger charge is 2.47. The number of hydrogen-bond donors (Lipinski definition) is 9. The highest BCUT2D eigenvalue weighted by molar-refractivity contribution is 5.72. The molecule has 142 valence electrons. The molecule has 1 unspecified atom stereocenters. The van der Waals surface area contributed by atoms with Gasteiger partial charge in [-0.2, -0.15) is 0 Å². The molecular formula is C12H22O12. The van der Waals surface area contributed by atoms with Crippen LogP contribution in [0, 0.1) is 0 Å². The number of aliphatic hydroxyl groups excluding tert-OH is 8. The predicted molar refractivity (Wildman–Crippen MR) is 71.4 cm³/mol. The molecule has 0 amide bonds. The molecule has 24 heavy (non-hydrogen) atoms. The fourth-order valence-corrected chi connectivity index (χ4v) is 2.16. The molecular weight excluding hydrogens is 336 g/mol. The topological polar surface area (TPSA) is 218 Å². The van der Waals surface area contributed by atoms with Crippen molar-refractivity contribution in [3.05, 3.63) is 0 Å². The molecule has 0 aromatic heterocycles. The maximum atomic E-state index is 10.7. The molecule has 1 heterocycles. The molecule has 0 spiro atoms. The molecule has 0 aromatic rings. The van der Waals surface area contributed by atoms with Gasteiger partial charge in [0.15, 0.2) is 12.4 Å². The lowest BCUT2D eigenvalue weighted by molar-refractivity contribution is -0.326. The molecule has 0 aromatic carbocycles. The fourth-order valence-electron chi connectivity index (χ4n) is 2.16. The molecule has 1 saturated heterocycles. The number of carboxylic acids is 1. The molecule has 1 fully saturated rings. The van der Waals surface area contributed by atoms with Crippen LogP contribution in [0.25, 0.3) is 0 Å². The zero-order chi connectivity index (χ0) is 18.6. The van der Waals surface area contributed by atoms with E-state index in [1.165, 1.54) is 0 Å². The van der Waals surface area contributed by atoms with Crippen LogP contribution in [-0.4, -0.2) is 120 Å². The highest BCUT2D eigenvalue weighted by Crippen LogP contribution is 2.24. The maximum absolute atomic E-state index is 10.7. The van der Waals surface area contributed by atoms with E-state index in [-0.39, 0.29) is 0 Å². The standard InChI is InChI=1S/C12H22O12/c13-1-3(15)10(7(18)8(19)11(21)22)24-12-9(20)6(17)5(16)4(2-14)23-12/h3-10,12-20H,1-2H2,(H,21,22)/t3?,4-,5+,6-,7-,8-,9-,10-,12+/m1/s1. The summed E-state index contributed by atoms with van der Waals surface area (Å²) in [5.74, 6) is -1.84. The van der Waals surface area contributed by atoms with Crippen molar-refractivity contribution >= 4 is 5.97 Å². The van der Waals surface area contributed by atoms with Gasteiger partial charge in [-0.15, -0.1) is 0 Å². The van der Waals surface area contributed by atoms with E-state index in [0.29, 0.717) is 0 Å². The SMILES string of the molecule is O=C(O)[C@H](O)[C@@H](O)[C@H](O[C@@H]1O[C@H](CO)[C@H](O)[C@@H](O)[C@H]1O)C(O)CO. The summed E-state index contributed by atoms with van der Waals surface area (Å²) < 4.78 is 9.98. The van der Waals surface area contributed by atoms with Crippen molar-refractivity contribution in [1.82, 2.24) is 0 Å². The number of carboxylic acid groups (broad SMARTS) is 1. The summed E-state index contributed by atoms with van der Waals surface area (Å²) in [5.41, 5.74) is 0. The molecule has 0 bridgehead atoms. The minimum atomic E-state index is -2.39. The largest absolute Gasteiger partial charge is 0.479 e. The number of hydrogen-bond acceptors (Lipinski definition) is 11. The zero-order valence-electron chi connectivity index (χ0n) is 12.4. The van der Waals surface area contributed by atoms with Crippen molar-refractivity contribution in [3.63, 3.8) is 0 Å². The van der Waals surface area contributed by atoms with Gasteiger partial charge in [0, 0.05) is 0 Å². The summed E-state index contributed by atoms with van der Waals surface area (Å²) in [6.45, 7) is -1.76. The van der Waals surface area contributed by atoms with E-state index in [2.05, 4.69) is 0 Å². The van der Waals surface area contributed by atoms with Gasteiger partial charge < -0.3 is 55.4 Å². The summed E-state index contributed by atoms with van der Waals surface area (Å²) >= 11 is 0.